The number of nitrogens with one attached hydrogen (secondary N) is 1. The van der Waals surface area contributed by atoms with E-state index in [2.05, 4.69) is 22.2 Å². The Labute approximate surface area is 135 Å². The number of amides is 1. The first-order chi connectivity index (χ1) is 11.3. The first kappa shape index (κ1) is 15.5. The zero-order valence-electron chi connectivity index (χ0n) is 13.4. The number of hydrogen-bond donors (Lipinski definition) is 1. The van der Waals surface area contributed by atoms with Crippen molar-refractivity contribution in [2.45, 2.75) is 45.2 Å². The lowest BCUT2D eigenvalue weighted by molar-refractivity contribution is 0.0602. The standard InChI is InChI=1S/C17H22N4O2/c1-2-13-6-3-4-8-21(13)17(22)15-10-16(20-12-19-15)18-11-14-7-5-9-23-14/h5,7,9-10,12-13H,2-4,6,8,11H2,1H3,(H,18,19,20). The lowest BCUT2D eigenvalue weighted by Crippen LogP contribution is -2.43. The molecule has 1 aliphatic heterocycles. The van der Waals surface area contributed by atoms with Gasteiger partial charge in [-0.15, -0.1) is 0 Å². The van der Waals surface area contributed by atoms with E-state index in [-0.39, 0.29) is 5.91 Å². The van der Waals surface area contributed by atoms with Gasteiger partial charge in [-0.1, -0.05) is 6.92 Å². The highest BCUT2D eigenvalue weighted by atomic mass is 16.3. The van der Waals surface area contributed by atoms with E-state index < -0.39 is 0 Å². The maximum Gasteiger partial charge on any atom is 0.272 e. The van der Waals surface area contributed by atoms with Crippen molar-refractivity contribution in [1.82, 2.24) is 14.9 Å². The molecule has 122 valence electrons. The van der Waals surface area contributed by atoms with Crippen LogP contribution in [0.1, 0.15) is 48.9 Å². The zero-order valence-corrected chi connectivity index (χ0v) is 13.4. The first-order valence-electron chi connectivity index (χ1n) is 8.17. The molecule has 3 rings (SSSR count). The number of anilines is 1. The quantitative estimate of drug-likeness (QED) is 0.918. The van der Waals surface area contributed by atoms with Crippen molar-refractivity contribution in [3.8, 4) is 0 Å². The van der Waals surface area contributed by atoms with Crippen LogP contribution >= 0.6 is 0 Å². The summed E-state index contributed by atoms with van der Waals surface area (Å²) in [7, 11) is 0. The average molecular weight is 314 g/mol. The van der Waals surface area contributed by atoms with Gasteiger partial charge in [-0.25, -0.2) is 9.97 Å². The van der Waals surface area contributed by atoms with Gasteiger partial charge >= 0.3 is 0 Å². The van der Waals surface area contributed by atoms with Gasteiger partial charge in [-0.3, -0.25) is 4.79 Å². The highest BCUT2D eigenvalue weighted by Gasteiger charge is 2.27. The Bertz CT molecular complexity index is 642. The number of aromatic nitrogens is 2. The van der Waals surface area contributed by atoms with E-state index in [9.17, 15) is 4.79 Å². The van der Waals surface area contributed by atoms with Crippen molar-refractivity contribution >= 4 is 11.7 Å². The average Bonchev–Trinajstić information content (AvgIpc) is 3.13. The second-order valence-electron chi connectivity index (χ2n) is 5.78. The summed E-state index contributed by atoms with van der Waals surface area (Å²) in [5.41, 5.74) is 0.447. The Hall–Kier alpha value is -2.37. The molecule has 6 nitrogen and oxygen atoms in total. The molecule has 0 aliphatic carbocycles. The molecule has 0 saturated carbocycles. The van der Waals surface area contributed by atoms with Gasteiger partial charge in [0, 0.05) is 18.7 Å². The monoisotopic (exact) mass is 314 g/mol. The Kier molecular flexibility index (Phi) is 4.90. The molecule has 0 spiro atoms. The molecule has 1 saturated heterocycles. The Balaban J connectivity index is 1.69. The van der Waals surface area contributed by atoms with Crippen LogP contribution in [0.2, 0.25) is 0 Å². The smallest absolute Gasteiger partial charge is 0.272 e. The van der Waals surface area contributed by atoms with E-state index in [0.717, 1.165) is 31.6 Å². The summed E-state index contributed by atoms with van der Waals surface area (Å²) in [6.07, 6.45) is 7.39. The van der Waals surface area contributed by atoms with Crippen LogP contribution in [0.3, 0.4) is 0 Å². The molecule has 1 unspecified atom stereocenters. The molecule has 1 fully saturated rings. The van der Waals surface area contributed by atoms with Gasteiger partial charge in [0.05, 0.1) is 12.8 Å². The van der Waals surface area contributed by atoms with Crippen LogP contribution in [0.5, 0.6) is 0 Å². The summed E-state index contributed by atoms with van der Waals surface area (Å²) in [4.78, 5) is 23.0. The zero-order chi connectivity index (χ0) is 16.1. The summed E-state index contributed by atoms with van der Waals surface area (Å²) in [5, 5.41) is 3.15. The second-order valence-corrected chi connectivity index (χ2v) is 5.78. The summed E-state index contributed by atoms with van der Waals surface area (Å²) in [5.74, 6) is 1.45. The summed E-state index contributed by atoms with van der Waals surface area (Å²) in [6.45, 7) is 3.47. The minimum Gasteiger partial charge on any atom is -0.467 e. The third-order valence-corrected chi connectivity index (χ3v) is 4.27. The Morgan fingerprint density at radius 3 is 3.13 bits per heavy atom. The SMILES string of the molecule is CCC1CCCCN1C(=O)c1cc(NCc2ccco2)ncn1. The molecule has 1 amide bonds. The highest BCUT2D eigenvalue weighted by molar-refractivity contribution is 5.93. The van der Waals surface area contributed by atoms with E-state index in [4.69, 9.17) is 4.42 Å². The molecule has 23 heavy (non-hydrogen) atoms. The molecule has 1 N–H and O–H groups in total. The molecule has 2 aromatic rings. The Morgan fingerprint density at radius 1 is 1.43 bits per heavy atom. The van der Waals surface area contributed by atoms with E-state index in [0.29, 0.717) is 24.1 Å². The summed E-state index contributed by atoms with van der Waals surface area (Å²) < 4.78 is 5.28. The maximum atomic E-state index is 12.7. The number of furan rings is 1. The predicted octanol–water partition coefficient (Wildman–Crippen LogP) is 3.09. The number of likely N-dealkylation sites (tertiary alicyclic amines) is 1. The molecule has 3 heterocycles. The topological polar surface area (TPSA) is 71.3 Å². The molecule has 1 atom stereocenters. The van der Waals surface area contributed by atoms with Gasteiger partial charge in [-0.05, 0) is 37.8 Å². The number of carbonyl (C=O) groups excluding carboxylic acids is 1. The second kappa shape index (κ2) is 7.26. The minimum absolute atomic E-state index is 0.00000129. The van der Waals surface area contributed by atoms with Crippen LogP contribution in [0.25, 0.3) is 0 Å². The molecule has 0 bridgehead atoms. The van der Waals surface area contributed by atoms with Crippen LogP contribution in [0, 0.1) is 0 Å². The van der Waals surface area contributed by atoms with E-state index in [1.54, 1.807) is 12.3 Å². The van der Waals surface area contributed by atoms with Gasteiger partial charge in [0.1, 0.15) is 23.6 Å². The lowest BCUT2D eigenvalue weighted by atomic mass is 9.99. The van der Waals surface area contributed by atoms with Crippen LogP contribution in [-0.2, 0) is 6.54 Å². The number of hydrogen-bond acceptors (Lipinski definition) is 5. The van der Waals surface area contributed by atoms with Crippen molar-refractivity contribution in [1.29, 1.82) is 0 Å². The van der Waals surface area contributed by atoms with Crippen molar-refractivity contribution in [3.63, 3.8) is 0 Å². The lowest BCUT2D eigenvalue weighted by Gasteiger charge is -2.35. The molecule has 0 radical (unpaired) electrons. The molecule has 1 aliphatic rings. The number of nitrogens with zero attached hydrogens (tertiary/aromatic N) is 3. The van der Waals surface area contributed by atoms with Crippen molar-refractivity contribution in [2.75, 3.05) is 11.9 Å². The molecule has 0 aromatic carbocycles. The largest absolute Gasteiger partial charge is 0.467 e. The fourth-order valence-corrected chi connectivity index (χ4v) is 3.00. The molecular weight excluding hydrogens is 292 g/mol. The van der Waals surface area contributed by atoms with Gasteiger partial charge in [0.25, 0.3) is 5.91 Å². The fourth-order valence-electron chi connectivity index (χ4n) is 3.00. The van der Waals surface area contributed by atoms with Crippen LogP contribution in [0.4, 0.5) is 5.82 Å². The van der Waals surface area contributed by atoms with E-state index in [1.165, 1.54) is 12.7 Å². The summed E-state index contributed by atoms with van der Waals surface area (Å²) >= 11 is 0. The summed E-state index contributed by atoms with van der Waals surface area (Å²) in [6, 6.07) is 5.77. The van der Waals surface area contributed by atoms with Crippen LogP contribution < -0.4 is 5.32 Å². The normalized spacial score (nSPS) is 18.0. The van der Waals surface area contributed by atoms with E-state index in [1.807, 2.05) is 17.0 Å². The van der Waals surface area contributed by atoms with Gasteiger partial charge in [0.2, 0.25) is 0 Å². The number of rotatable bonds is 5. The van der Waals surface area contributed by atoms with Crippen LogP contribution in [0.15, 0.2) is 35.2 Å². The maximum absolute atomic E-state index is 12.7. The third kappa shape index (κ3) is 3.70. The van der Waals surface area contributed by atoms with Gasteiger partial charge < -0.3 is 14.6 Å². The van der Waals surface area contributed by atoms with Gasteiger partial charge in [-0.2, -0.15) is 0 Å². The van der Waals surface area contributed by atoms with E-state index >= 15 is 0 Å². The minimum atomic E-state index is -0.00000129. The first-order valence-corrected chi connectivity index (χ1v) is 8.17. The van der Waals surface area contributed by atoms with Crippen molar-refractivity contribution < 1.29 is 9.21 Å². The molecule has 2 aromatic heterocycles. The predicted molar refractivity (Wildman–Crippen MR) is 87.0 cm³/mol. The molecular formula is C17H22N4O2. The number of piperidine rings is 1. The molecule has 6 heteroatoms. The third-order valence-electron chi connectivity index (χ3n) is 4.27. The van der Waals surface area contributed by atoms with Crippen LogP contribution in [-0.4, -0.2) is 33.4 Å². The van der Waals surface area contributed by atoms with Crippen molar-refractivity contribution in [2.24, 2.45) is 0 Å². The Morgan fingerprint density at radius 2 is 2.35 bits per heavy atom. The highest BCUT2D eigenvalue weighted by Crippen LogP contribution is 2.21. The van der Waals surface area contributed by atoms with Gasteiger partial charge in [0.15, 0.2) is 0 Å². The van der Waals surface area contributed by atoms with Crippen molar-refractivity contribution in [3.05, 3.63) is 42.2 Å². The fraction of sp³-hybridized carbons (Fsp3) is 0.471. The number of carbonyl (C=O) groups is 1.